The highest BCUT2D eigenvalue weighted by Crippen LogP contribution is 2.24. The monoisotopic (exact) mass is 206 g/mol. The van der Waals surface area contributed by atoms with Crippen molar-refractivity contribution in [3.63, 3.8) is 0 Å². The van der Waals surface area contributed by atoms with E-state index in [9.17, 15) is 4.79 Å². The number of benzene rings is 1. The Kier molecular flexibility index (Phi) is 2.76. The van der Waals surface area contributed by atoms with E-state index in [4.69, 9.17) is 4.74 Å². The minimum Gasteiger partial charge on any atom is -0.495 e. The minimum absolute atomic E-state index is 0.0220. The SMILES string of the molecule is COc1ccccc1NC1CCC(=O)N1. The van der Waals surface area contributed by atoms with Gasteiger partial charge in [-0.3, -0.25) is 4.79 Å². The first-order chi connectivity index (χ1) is 7.29. The maximum Gasteiger partial charge on any atom is 0.221 e. The van der Waals surface area contributed by atoms with Gasteiger partial charge in [0.25, 0.3) is 0 Å². The third kappa shape index (κ3) is 2.21. The van der Waals surface area contributed by atoms with Crippen molar-refractivity contribution < 1.29 is 9.53 Å². The van der Waals surface area contributed by atoms with E-state index < -0.39 is 0 Å². The second-order valence-corrected chi connectivity index (χ2v) is 3.50. The minimum atomic E-state index is 0.0220. The fraction of sp³-hybridized carbons (Fsp3) is 0.364. The predicted molar refractivity (Wildman–Crippen MR) is 57.8 cm³/mol. The van der Waals surface area contributed by atoms with Gasteiger partial charge in [0.05, 0.1) is 19.0 Å². The third-order valence-electron chi connectivity index (χ3n) is 2.43. The fourth-order valence-corrected chi connectivity index (χ4v) is 1.67. The van der Waals surface area contributed by atoms with Gasteiger partial charge in [0.1, 0.15) is 5.75 Å². The van der Waals surface area contributed by atoms with Gasteiger partial charge in [-0.2, -0.15) is 0 Å². The highest BCUT2D eigenvalue weighted by molar-refractivity contribution is 5.79. The van der Waals surface area contributed by atoms with Crippen LogP contribution in [0.25, 0.3) is 0 Å². The molecule has 1 aliphatic heterocycles. The molecule has 15 heavy (non-hydrogen) atoms. The summed E-state index contributed by atoms with van der Waals surface area (Å²) in [6, 6.07) is 7.67. The van der Waals surface area contributed by atoms with Gasteiger partial charge in [0.2, 0.25) is 5.91 Å². The molecule has 1 aromatic carbocycles. The molecule has 0 radical (unpaired) electrons. The molecule has 1 fully saturated rings. The molecule has 4 heteroatoms. The summed E-state index contributed by atoms with van der Waals surface area (Å²) < 4.78 is 5.21. The molecule has 2 rings (SSSR count). The standard InChI is InChI=1S/C11H14N2O2/c1-15-9-5-3-2-4-8(9)12-10-6-7-11(14)13-10/h2-5,10,12H,6-7H2,1H3,(H,13,14). The summed E-state index contributed by atoms with van der Waals surface area (Å²) in [4.78, 5) is 11.0. The predicted octanol–water partition coefficient (Wildman–Crippen LogP) is 1.34. The summed E-state index contributed by atoms with van der Waals surface area (Å²) in [5.74, 6) is 0.890. The number of carbonyl (C=O) groups is 1. The van der Waals surface area contributed by atoms with Crippen molar-refractivity contribution >= 4 is 11.6 Å². The Hall–Kier alpha value is -1.71. The van der Waals surface area contributed by atoms with Crippen LogP contribution in [0.5, 0.6) is 5.75 Å². The van der Waals surface area contributed by atoms with Crippen LogP contribution in [0.3, 0.4) is 0 Å². The molecular formula is C11H14N2O2. The first-order valence-electron chi connectivity index (χ1n) is 4.98. The molecule has 0 spiro atoms. The Balaban J connectivity index is 2.07. The van der Waals surface area contributed by atoms with Crippen LogP contribution in [-0.4, -0.2) is 19.2 Å². The number of hydrogen-bond donors (Lipinski definition) is 2. The van der Waals surface area contributed by atoms with Crippen molar-refractivity contribution in [3.8, 4) is 5.75 Å². The molecule has 1 aromatic rings. The average molecular weight is 206 g/mol. The van der Waals surface area contributed by atoms with Crippen LogP contribution in [0.2, 0.25) is 0 Å². The molecule has 1 heterocycles. The summed E-state index contributed by atoms with van der Waals surface area (Å²) in [5.41, 5.74) is 0.909. The lowest BCUT2D eigenvalue weighted by atomic mass is 10.2. The van der Waals surface area contributed by atoms with Gasteiger partial charge < -0.3 is 15.4 Å². The van der Waals surface area contributed by atoms with Crippen molar-refractivity contribution in [1.82, 2.24) is 5.32 Å². The second-order valence-electron chi connectivity index (χ2n) is 3.50. The zero-order valence-corrected chi connectivity index (χ0v) is 8.62. The molecule has 1 aliphatic rings. The normalized spacial score (nSPS) is 19.8. The summed E-state index contributed by atoms with van der Waals surface area (Å²) in [6.45, 7) is 0. The van der Waals surface area contributed by atoms with Crippen LogP contribution >= 0.6 is 0 Å². The third-order valence-corrected chi connectivity index (χ3v) is 2.43. The molecule has 0 aromatic heterocycles. The number of rotatable bonds is 3. The van der Waals surface area contributed by atoms with Gasteiger partial charge in [0, 0.05) is 6.42 Å². The average Bonchev–Trinajstić information content (AvgIpc) is 2.65. The molecule has 0 saturated carbocycles. The summed E-state index contributed by atoms with van der Waals surface area (Å²) in [5, 5.41) is 6.08. The fourth-order valence-electron chi connectivity index (χ4n) is 1.67. The van der Waals surface area contributed by atoms with Crippen molar-refractivity contribution in [1.29, 1.82) is 0 Å². The number of carbonyl (C=O) groups excluding carboxylic acids is 1. The highest BCUT2D eigenvalue weighted by atomic mass is 16.5. The molecule has 0 bridgehead atoms. The maximum absolute atomic E-state index is 11.0. The van der Waals surface area contributed by atoms with E-state index in [0.717, 1.165) is 17.9 Å². The van der Waals surface area contributed by atoms with E-state index in [1.807, 2.05) is 24.3 Å². The van der Waals surface area contributed by atoms with Crippen LogP contribution < -0.4 is 15.4 Å². The number of amides is 1. The van der Waals surface area contributed by atoms with Crippen molar-refractivity contribution in [3.05, 3.63) is 24.3 Å². The van der Waals surface area contributed by atoms with Crippen LogP contribution in [0.1, 0.15) is 12.8 Å². The molecule has 1 atom stereocenters. The smallest absolute Gasteiger partial charge is 0.221 e. The first kappa shape index (κ1) is 9.83. The molecule has 0 aliphatic carbocycles. The number of hydrogen-bond acceptors (Lipinski definition) is 3. The molecule has 1 unspecified atom stereocenters. The van der Waals surface area contributed by atoms with E-state index in [-0.39, 0.29) is 12.1 Å². The zero-order chi connectivity index (χ0) is 10.7. The lowest BCUT2D eigenvalue weighted by molar-refractivity contribution is -0.119. The Bertz CT molecular complexity index is 365. The molecule has 4 nitrogen and oxygen atoms in total. The lowest BCUT2D eigenvalue weighted by Crippen LogP contribution is -2.32. The van der Waals surface area contributed by atoms with Crippen molar-refractivity contribution in [2.24, 2.45) is 0 Å². The van der Waals surface area contributed by atoms with Gasteiger partial charge in [0.15, 0.2) is 0 Å². The van der Waals surface area contributed by atoms with E-state index in [2.05, 4.69) is 10.6 Å². The first-order valence-corrected chi connectivity index (χ1v) is 4.98. The number of ether oxygens (including phenoxy) is 1. The number of para-hydroxylation sites is 2. The molecule has 1 amide bonds. The van der Waals surface area contributed by atoms with Gasteiger partial charge in [-0.05, 0) is 18.6 Å². The lowest BCUT2D eigenvalue weighted by Gasteiger charge is -2.16. The van der Waals surface area contributed by atoms with Crippen LogP contribution in [0, 0.1) is 0 Å². The van der Waals surface area contributed by atoms with Gasteiger partial charge >= 0.3 is 0 Å². The number of anilines is 1. The van der Waals surface area contributed by atoms with Gasteiger partial charge in [-0.25, -0.2) is 0 Å². The summed E-state index contributed by atoms with van der Waals surface area (Å²) in [7, 11) is 1.63. The summed E-state index contributed by atoms with van der Waals surface area (Å²) >= 11 is 0. The topological polar surface area (TPSA) is 50.4 Å². The van der Waals surface area contributed by atoms with Gasteiger partial charge in [-0.1, -0.05) is 12.1 Å². The van der Waals surface area contributed by atoms with Crippen LogP contribution in [-0.2, 0) is 4.79 Å². The Labute approximate surface area is 88.6 Å². The van der Waals surface area contributed by atoms with E-state index >= 15 is 0 Å². The van der Waals surface area contributed by atoms with Crippen molar-refractivity contribution in [2.75, 3.05) is 12.4 Å². The number of nitrogens with one attached hydrogen (secondary N) is 2. The number of methoxy groups -OCH3 is 1. The van der Waals surface area contributed by atoms with E-state index in [1.165, 1.54) is 0 Å². The van der Waals surface area contributed by atoms with E-state index in [0.29, 0.717) is 6.42 Å². The Morgan fingerprint density at radius 1 is 1.47 bits per heavy atom. The Morgan fingerprint density at radius 3 is 2.93 bits per heavy atom. The molecule has 1 saturated heterocycles. The molecule has 80 valence electrons. The van der Waals surface area contributed by atoms with E-state index in [1.54, 1.807) is 7.11 Å². The second kappa shape index (κ2) is 4.21. The summed E-state index contributed by atoms with van der Waals surface area (Å²) in [6.07, 6.45) is 1.43. The van der Waals surface area contributed by atoms with Crippen LogP contribution in [0.4, 0.5) is 5.69 Å². The molecular weight excluding hydrogens is 192 g/mol. The van der Waals surface area contributed by atoms with Crippen molar-refractivity contribution in [2.45, 2.75) is 19.0 Å². The maximum atomic E-state index is 11.0. The van der Waals surface area contributed by atoms with Crippen LogP contribution in [0.15, 0.2) is 24.3 Å². The highest BCUT2D eigenvalue weighted by Gasteiger charge is 2.20. The largest absolute Gasteiger partial charge is 0.495 e. The van der Waals surface area contributed by atoms with Gasteiger partial charge in [-0.15, -0.1) is 0 Å². The molecule has 2 N–H and O–H groups in total. The zero-order valence-electron chi connectivity index (χ0n) is 8.62. The Morgan fingerprint density at radius 2 is 2.27 bits per heavy atom. The quantitative estimate of drug-likeness (QED) is 0.784.